The number of aldehydes is 1. The molecule has 0 bridgehead atoms. The van der Waals surface area contributed by atoms with Crippen molar-refractivity contribution in [3.63, 3.8) is 0 Å². The zero-order chi connectivity index (χ0) is 21.0. The number of rotatable bonds is 6. The van der Waals surface area contributed by atoms with Gasteiger partial charge in [-0.25, -0.2) is 0 Å². The Balaban J connectivity index is 1.77. The molecule has 0 aromatic rings. The highest BCUT2D eigenvalue weighted by molar-refractivity contribution is 5.92. The predicted molar refractivity (Wildman–Crippen MR) is 108 cm³/mol. The summed E-state index contributed by atoms with van der Waals surface area (Å²) in [5.41, 5.74) is 0. The van der Waals surface area contributed by atoms with Crippen LogP contribution >= 0.6 is 0 Å². The number of carbonyl (C=O) groups excluding carboxylic acids is 4. The van der Waals surface area contributed by atoms with E-state index in [1.165, 1.54) is 12.8 Å². The third-order valence-corrected chi connectivity index (χ3v) is 6.82. The Hall–Kier alpha value is -1.96. The van der Waals surface area contributed by atoms with Crippen molar-refractivity contribution < 1.29 is 19.2 Å². The summed E-state index contributed by atoms with van der Waals surface area (Å²) in [7, 11) is 1.68. The standard InChI is InChI=1S/C21H34N4O4/c1-14(22-2)20(28)23-18-12-24(19(27)11-15-5-3-4-6-15)10-9-16-7-8-17(13-26)25(16)21(18)29/h13-18,22H,3-12H2,1-2H3,(H,23,28)/t14-,16+,17-,18-/m0/s1. The van der Waals surface area contributed by atoms with Crippen LogP contribution in [0.3, 0.4) is 0 Å². The fourth-order valence-corrected chi connectivity index (χ4v) is 4.90. The highest BCUT2D eigenvalue weighted by atomic mass is 16.2. The summed E-state index contributed by atoms with van der Waals surface area (Å²) in [5, 5.41) is 5.69. The van der Waals surface area contributed by atoms with Crippen molar-refractivity contribution in [3.8, 4) is 0 Å². The van der Waals surface area contributed by atoms with Crippen LogP contribution in [0.1, 0.15) is 58.3 Å². The lowest BCUT2D eigenvalue weighted by molar-refractivity contribution is -0.145. The molecule has 8 nitrogen and oxygen atoms in total. The normalized spacial score (nSPS) is 29.2. The van der Waals surface area contributed by atoms with Crippen LogP contribution in [-0.2, 0) is 19.2 Å². The second kappa shape index (κ2) is 9.69. The maximum Gasteiger partial charge on any atom is 0.247 e. The Morgan fingerprint density at radius 3 is 2.55 bits per heavy atom. The first kappa shape index (κ1) is 21.7. The summed E-state index contributed by atoms with van der Waals surface area (Å²) in [6.07, 6.45) is 7.98. The Bertz CT molecular complexity index is 634. The minimum Gasteiger partial charge on any atom is -0.341 e. The minimum absolute atomic E-state index is 0.0547. The van der Waals surface area contributed by atoms with Crippen LogP contribution in [0.25, 0.3) is 0 Å². The van der Waals surface area contributed by atoms with E-state index in [0.717, 1.165) is 25.5 Å². The molecular formula is C21H34N4O4. The van der Waals surface area contributed by atoms with Crippen LogP contribution in [0.4, 0.5) is 0 Å². The Morgan fingerprint density at radius 2 is 1.90 bits per heavy atom. The number of carbonyl (C=O) groups is 4. The molecule has 3 rings (SSSR count). The molecule has 1 aliphatic carbocycles. The highest BCUT2D eigenvalue weighted by Crippen LogP contribution is 2.30. The second-order valence-corrected chi connectivity index (χ2v) is 8.73. The van der Waals surface area contributed by atoms with E-state index in [-0.39, 0.29) is 30.3 Å². The van der Waals surface area contributed by atoms with E-state index in [0.29, 0.717) is 31.7 Å². The molecule has 2 N–H and O–H groups in total. The van der Waals surface area contributed by atoms with Crippen molar-refractivity contribution in [2.75, 3.05) is 20.1 Å². The number of nitrogens with zero attached hydrogens (tertiary/aromatic N) is 2. The molecule has 162 valence electrons. The highest BCUT2D eigenvalue weighted by Gasteiger charge is 2.43. The fraction of sp³-hybridized carbons (Fsp3) is 0.810. The van der Waals surface area contributed by atoms with Gasteiger partial charge in [0.05, 0.1) is 12.1 Å². The van der Waals surface area contributed by atoms with Crippen LogP contribution in [-0.4, -0.2) is 78.1 Å². The van der Waals surface area contributed by atoms with Crippen molar-refractivity contribution in [2.45, 2.75) is 82.5 Å². The van der Waals surface area contributed by atoms with Crippen molar-refractivity contribution in [3.05, 3.63) is 0 Å². The second-order valence-electron chi connectivity index (χ2n) is 8.73. The maximum atomic E-state index is 13.3. The van der Waals surface area contributed by atoms with E-state index in [1.807, 2.05) is 0 Å². The molecule has 0 aromatic heterocycles. The van der Waals surface area contributed by atoms with Crippen molar-refractivity contribution in [1.82, 2.24) is 20.4 Å². The first-order chi connectivity index (χ1) is 13.9. The summed E-state index contributed by atoms with van der Waals surface area (Å²) in [6, 6.07) is -1.77. The molecular weight excluding hydrogens is 372 g/mol. The topological polar surface area (TPSA) is 98.8 Å². The van der Waals surface area contributed by atoms with Crippen molar-refractivity contribution >= 4 is 24.0 Å². The van der Waals surface area contributed by atoms with E-state index in [1.54, 1.807) is 23.8 Å². The lowest BCUT2D eigenvalue weighted by atomic mass is 10.0. The number of hydrogen-bond donors (Lipinski definition) is 2. The van der Waals surface area contributed by atoms with E-state index >= 15 is 0 Å². The van der Waals surface area contributed by atoms with Gasteiger partial charge >= 0.3 is 0 Å². The van der Waals surface area contributed by atoms with E-state index < -0.39 is 18.1 Å². The third kappa shape index (κ3) is 4.97. The van der Waals surface area contributed by atoms with Crippen molar-refractivity contribution in [1.29, 1.82) is 0 Å². The molecule has 2 heterocycles. The molecule has 0 aromatic carbocycles. The largest absolute Gasteiger partial charge is 0.341 e. The minimum atomic E-state index is -0.825. The Labute approximate surface area is 172 Å². The van der Waals surface area contributed by atoms with Gasteiger partial charge in [0.15, 0.2) is 0 Å². The first-order valence-corrected chi connectivity index (χ1v) is 11.0. The van der Waals surface area contributed by atoms with Gasteiger partial charge in [0, 0.05) is 25.6 Å². The molecule has 0 unspecified atom stereocenters. The number of nitrogens with one attached hydrogen (secondary N) is 2. The van der Waals surface area contributed by atoms with Gasteiger partial charge in [0.2, 0.25) is 17.7 Å². The molecule has 3 aliphatic rings. The molecule has 29 heavy (non-hydrogen) atoms. The van der Waals surface area contributed by atoms with Gasteiger partial charge in [-0.1, -0.05) is 12.8 Å². The van der Waals surface area contributed by atoms with Crippen LogP contribution in [0.15, 0.2) is 0 Å². The third-order valence-electron chi connectivity index (χ3n) is 6.82. The Morgan fingerprint density at radius 1 is 1.17 bits per heavy atom. The number of hydrogen-bond acceptors (Lipinski definition) is 5. The summed E-state index contributed by atoms with van der Waals surface area (Å²) < 4.78 is 0. The van der Waals surface area contributed by atoms with E-state index in [4.69, 9.17) is 0 Å². The zero-order valence-corrected chi connectivity index (χ0v) is 17.6. The lowest BCUT2D eigenvalue weighted by Gasteiger charge is -2.38. The van der Waals surface area contributed by atoms with Crippen LogP contribution in [0, 0.1) is 5.92 Å². The summed E-state index contributed by atoms with van der Waals surface area (Å²) in [5.74, 6) is -0.0277. The summed E-state index contributed by atoms with van der Waals surface area (Å²) >= 11 is 0. The summed E-state index contributed by atoms with van der Waals surface area (Å²) in [4.78, 5) is 53.7. The van der Waals surface area contributed by atoms with Gasteiger partial charge in [0.25, 0.3) is 0 Å². The summed E-state index contributed by atoms with van der Waals surface area (Å²) in [6.45, 7) is 2.44. The smallest absolute Gasteiger partial charge is 0.247 e. The average Bonchev–Trinajstić information content (AvgIpc) is 3.36. The Kier molecular flexibility index (Phi) is 7.27. The fourth-order valence-electron chi connectivity index (χ4n) is 4.90. The SMILES string of the molecule is CN[C@@H](C)C(=O)N[C@H]1CN(C(=O)CC2CCCC2)CC[C@H]2CC[C@@H](C=O)N2C1=O. The molecule has 2 saturated heterocycles. The van der Waals surface area contributed by atoms with Crippen LogP contribution < -0.4 is 10.6 Å². The monoisotopic (exact) mass is 406 g/mol. The van der Waals surface area contributed by atoms with E-state index in [9.17, 15) is 19.2 Å². The molecule has 8 heteroatoms. The molecule has 0 radical (unpaired) electrons. The molecule has 0 spiro atoms. The van der Waals surface area contributed by atoms with E-state index in [2.05, 4.69) is 10.6 Å². The lowest BCUT2D eigenvalue weighted by Crippen LogP contribution is -2.61. The molecule has 1 saturated carbocycles. The van der Waals surface area contributed by atoms with Gasteiger partial charge in [-0.15, -0.1) is 0 Å². The van der Waals surface area contributed by atoms with Gasteiger partial charge in [-0.3, -0.25) is 14.4 Å². The molecule has 4 atom stereocenters. The van der Waals surface area contributed by atoms with Crippen molar-refractivity contribution in [2.24, 2.45) is 5.92 Å². The maximum absolute atomic E-state index is 13.3. The van der Waals surface area contributed by atoms with Crippen LogP contribution in [0.2, 0.25) is 0 Å². The quantitative estimate of drug-likeness (QED) is 0.624. The zero-order valence-electron chi connectivity index (χ0n) is 17.6. The number of likely N-dealkylation sites (N-methyl/N-ethyl adjacent to an activating group) is 1. The molecule has 3 fully saturated rings. The molecule has 3 amide bonds. The molecule has 2 aliphatic heterocycles. The first-order valence-electron chi connectivity index (χ1n) is 11.0. The number of fused-ring (bicyclic) bond motifs is 1. The predicted octanol–water partition coefficient (Wildman–Crippen LogP) is 0.450. The van der Waals surface area contributed by atoms with Gasteiger partial charge < -0.3 is 25.2 Å². The average molecular weight is 407 g/mol. The van der Waals surface area contributed by atoms with Gasteiger partial charge in [-0.05, 0) is 52.0 Å². The number of amides is 3. The van der Waals surface area contributed by atoms with Crippen LogP contribution in [0.5, 0.6) is 0 Å². The van der Waals surface area contributed by atoms with Gasteiger partial charge in [0.1, 0.15) is 12.3 Å². The van der Waals surface area contributed by atoms with Gasteiger partial charge in [-0.2, -0.15) is 0 Å².